The van der Waals surface area contributed by atoms with Crippen LogP contribution in [-0.2, 0) is 6.42 Å². The van der Waals surface area contributed by atoms with E-state index in [1.54, 1.807) is 6.07 Å². The first-order valence-corrected chi connectivity index (χ1v) is 6.05. The standard InChI is InChI=1S/C13H19FN2/c14-12-6-3-7-13(11(12)8-9-15)16-10-4-1-2-5-10/h3,6-7,10,16H,1-2,4-5,8-9,15H2. The minimum absolute atomic E-state index is 0.145. The van der Waals surface area contributed by atoms with Crippen LogP contribution in [0.2, 0.25) is 0 Å². The van der Waals surface area contributed by atoms with Gasteiger partial charge in [0.2, 0.25) is 0 Å². The number of anilines is 1. The van der Waals surface area contributed by atoms with E-state index >= 15 is 0 Å². The van der Waals surface area contributed by atoms with E-state index in [4.69, 9.17) is 5.73 Å². The Kier molecular flexibility index (Phi) is 3.78. The SMILES string of the molecule is NCCc1c(F)cccc1NC1CCCC1. The Morgan fingerprint density at radius 1 is 1.31 bits per heavy atom. The lowest BCUT2D eigenvalue weighted by Gasteiger charge is -2.17. The zero-order chi connectivity index (χ0) is 11.4. The van der Waals surface area contributed by atoms with Crippen LogP contribution in [0.3, 0.4) is 0 Å². The molecule has 0 radical (unpaired) electrons. The lowest BCUT2D eigenvalue weighted by molar-refractivity contribution is 0.609. The number of halogens is 1. The molecule has 1 aromatic rings. The van der Waals surface area contributed by atoms with Crippen LogP contribution >= 0.6 is 0 Å². The quantitative estimate of drug-likeness (QED) is 0.822. The van der Waals surface area contributed by atoms with Crippen LogP contribution in [0.15, 0.2) is 18.2 Å². The molecular formula is C13H19FN2. The zero-order valence-electron chi connectivity index (χ0n) is 9.51. The van der Waals surface area contributed by atoms with Crippen molar-refractivity contribution in [3.8, 4) is 0 Å². The van der Waals surface area contributed by atoms with E-state index in [0.29, 0.717) is 19.0 Å². The van der Waals surface area contributed by atoms with Crippen LogP contribution in [0.4, 0.5) is 10.1 Å². The largest absolute Gasteiger partial charge is 0.382 e. The van der Waals surface area contributed by atoms with Crippen molar-refractivity contribution in [2.75, 3.05) is 11.9 Å². The second-order valence-corrected chi connectivity index (χ2v) is 4.43. The van der Waals surface area contributed by atoms with Crippen LogP contribution in [0.5, 0.6) is 0 Å². The third-order valence-corrected chi connectivity index (χ3v) is 3.23. The van der Waals surface area contributed by atoms with Crippen molar-refractivity contribution in [1.29, 1.82) is 0 Å². The second-order valence-electron chi connectivity index (χ2n) is 4.43. The van der Waals surface area contributed by atoms with Crippen LogP contribution in [0.1, 0.15) is 31.2 Å². The maximum atomic E-state index is 13.6. The van der Waals surface area contributed by atoms with Gasteiger partial charge in [0.1, 0.15) is 5.82 Å². The van der Waals surface area contributed by atoms with Crippen LogP contribution in [-0.4, -0.2) is 12.6 Å². The van der Waals surface area contributed by atoms with Gasteiger partial charge in [-0.3, -0.25) is 0 Å². The van der Waals surface area contributed by atoms with Crippen molar-refractivity contribution in [1.82, 2.24) is 0 Å². The van der Waals surface area contributed by atoms with E-state index in [2.05, 4.69) is 5.32 Å². The van der Waals surface area contributed by atoms with Crippen LogP contribution < -0.4 is 11.1 Å². The highest BCUT2D eigenvalue weighted by Gasteiger charge is 2.16. The van der Waals surface area contributed by atoms with E-state index in [0.717, 1.165) is 11.3 Å². The van der Waals surface area contributed by atoms with Gasteiger partial charge in [0.05, 0.1) is 0 Å². The molecule has 1 saturated carbocycles. The van der Waals surface area contributed by atoms with Crippen molar-refractivity contribution in [2.45, 2.75) is 38.1 Å². The van der Waals surface area contributed by atoms with Crippen molar-refractivity contribution < 1.29 is 4.39 Å². The average molecular weight is 222 g/mol. The number of nitrogens with one attached hydrogen (secondary N) is 1. The van der Waals surface area contributed by atoms with Gasteiger partial charge in [-0.2, -0.15) is 0 Å². The number of benzene rings is 1. The maximum absolute atomic E-state index is 13.6. The first-order valence-electron chi connectivity index (χ1n) is 6.05. The predicted octanol–water partition coefficient (Wildman–Crippen LogP) is 2.68. The summed E-state index contributed by atoms with van der Waals surface area (Å²) in [5.41, 5.74) is 7.17. The van der Waals surface area contributed by atoms with Gasteiger partial charge in [-0.15, -0.1) is 0 Å². The monoisotopic (exact) mass is 222 g/mol. The summed E-state index contributed by atoms with van der Waals surface area (Å²) in [6, 6.07) is 5.72. The van der Waals surface area contributed by atoms with Gasteiger partial charge >= 0.3 is 0 Å². The minimum Gasteiger partial charge on any atom is -0.382 e. The van der Waals surface area contributed by atoms with Gasteiger partial charge < -0.3 is 11.1 Å². The third-order valence-electron chi connectivity index (χ3n) is 3.23. The molecule has 16 heavy (non-hydrogen) atoms. The summed E-state index contributed by atoms with van der Waals surface area (Å²) in [5.74, 6) is -0.145. The number of hydrogen-bond acceptors (Lipinski definition) is 2. The van der Waals surface area contributed by atoms with E-state index in [1.807, 2.05) is 6.07 Å². The Balaban J connectivity index is 2.14. The summed E-state index contributed by atoms with van der Waals surface area (Å²) in [6.45, 7) is 0.486. The molecule has 3 N–H and O–H groups in total. The molecule has 2 nitrogen and oxygen atoms in total. The molecule has 0 heterocycles. The molecule has 3 heteroatoms. The molecule has 1 aliphatic rings. The average Bonchev–Trinajstić information content (AvgIpc) is 2.76. The van der Waals surface area contributed by atoms with Crippen molar-refractivity contribution in [3.63, 3.8) is 0 Å². The molecule has 1 aromatic carbocycles. The zero-order valence-corrected chi connectivity index (χ0v) is 9.51. The molecule has 0 unspecified atom stereocenters. The second kappa shape index (κ2) is 5.30. The molecule has 0 amide bonds. The van der Waals surface area contributed by atoms with E-state index in [-0.39, 0.29) is 5.82 Å². The smallest absolute Gasteiger partial charge is 0.128 e. The molecular weight excluding hydrogens is 203 g/mol. The Morgan fingerprint density at radius 3 is 2.75 bits per heavy atom. The van der Waals surface area contributed by atoms with E-state index in [9.17, 15) is 4.39 Å². The van der Waals surface area contributed by atoms with Gasteiger partial charge in [-0.25, -0.2) is 4.39 Å². The topological polar surface area (TPSA) is 38.0 Å². The van der Waals surface area contributed by atoms with E-state index < -0.39 is 0 Å². The predicted molar refractivity (Wildman–Crippen MR) is 65.0 cm³/mol. The van der Waals surface area contributed by atoms with Crippen molar-refractivity contribution in [3.05, 3.63) is 29.6 Å². The Hall–Kier alpha value is -1.09. The fraction of sp³-hybridized carbons (Fsp3) is 0.538. The lowest BCUT2D eigenvalue weighted by Crippen LogP contribution is -2.17. The summed E-state index contributed by atoms with van der Waals surface area (Å²) in [7, 11) is 0. The van der Waals surface area contributed by atoms with Gasteiger partial charge in [0.15, 0.2) is 0 Å². The minimum atomic E-state index is -0.145. The number of hydrogen-bond donors (Lipinski definition) is 2. The van der Waals surface area contributed by atoms with Gasteiger partial charge in [0, 0.05) is 17.3 Å². The van der Waals surface area contributed by atoms with Gasteiger partial charge in [0.25, 0.3) is 0 Å². The first-order chi connectivity index (χ1) is 7.81. The lowest BCUT2D eigenvalue weighted by atomic mass is 10.1. The fourth-order valence-electron chi connectivity index (χ4n) is 2.38. The Morgan fingerprint density at radius 2 is 2.06 bits per heavy atom. The van der Waals surface area contributed by atoms with Crippen LogP contribution in [0.25, 0.3) is 0 Å². The molecule has 2 rings (SSSR count). The molecule has 88 valence electrons. The highest BCUT2D eigenvalue weighted by Crippen LogP contribution is 2.25. The fourth-order valence-corrected chi connectivity index (χ4v) is 2.38. The molecule has 0 aliphatic heterocycles. The molecule has 0 spiro atoms. The van der Waals surface area contributed by atoms with Gasteiger partial charge in [-0.1, -0.05) is 18.9 Å². The summed E-state index contributed by atoms with van der Waals surface area (Å²) in [6.07, 6.45) is 5.54. The highest BCUT2D eigenvalue weighted by molar-refractivity contribution is 5.52. The van der Waals surface area contributed by atoms with Crippen LogP contribution in [0, 0.1) is 5.82 Å². The molecule has 0 bridgehead atoms. The summed E-state index contributed by atoms with van der Waals surface area (Å²) < 4.78 is 13.6. The summed E-state index contributed by atoms with van der Waals surface area (Å²) >= 11 is 0. The molecule has 1 fully saturated rings. The third kappa shape index (κ3) is 2.53. The number of nitrogens with two attached hydrogens (primary N) is 1. The van der Waals surface area contributed by atoms with Gasteiger partial charge in [-0.05, 0) is 37.9 Å². The van der Waals surface area contributed by atoms with Crippen molar-refractivity contribution in [2.24, 2.45) is 5.73 Å². The molecule has 1 aliphatic carbocycles. The molecule has 0 saturated heterocycles. The summed E-state index contributed by atoms with van der Waals surface area (Å²) in [4.78, 5) is 0. The molecule has 0 atom stereocenters. The van der Waals surface area contributed by atoms with E-state index in [1.165, 1.54) is 31.7 Å². The maximum Gasteiger partial charge on any atom is 0.128 e. The Bertz CT molecular complexity index is 346. The normalized spacial score (nSPS) is 16.6. The van der Waals surface area contributed by atoms with Crippen molar-refractivity contribution >= 4 is 5.69 Å². The summed E-state index contributed by atoms with van der Waals surface area (Å²) in [5, 5.41) is 3.44. The highest BCUT2D eigenvalue weighted by atomic mass is 19.1. The first kappa shape index (κ1) is 11.4. The number of rotatable bonds is 4. The Labute approximate surface area is 96.0 Å². The molecule has 0 aromatic heterocycles.